The number of nitrogens with zero attached hydrogens (tertiary/aromatic N) is 2. The second-order valence-electron chi connectivity index (χ2n) is 4.97. The summed E-state index contributed by atoms with van der Waals surface area (Å²) in [7, 11) is -3.14. The van der Waals surface area contributed by atoms with Crippen LogP contribution in [0.4, 0.5) is 5.82 Å². The highest BCUT2D eigenvalue weighted by Crippen LogP contribution is 2.22. The van der Waals surface area contributed by atoms with E-state index in [0.717, 1.165) is 11.1 Å². The topological polar surface area (TPSA) is 72.0 Å². The van der Waals surface area contributed by atoms with Crippen LogP contribution in [0.15, 0.2) is 0 Å². The number of hydrogen-bond acceptors (Lipinski definition) is 5. The Kier molecular flexibility index (Phi) is 4.23. The Labute approximate surface area is 113 Å². The lowest BCUT2D eigenvalue weighted by Gasteiger charge is -2.23. The first-order valence-corrected chi connectivity index (χ1v) is 7.76. The van der Waals surface area contributed by atoms with Crippen LogP contribution in [-0.4, -0.2) is 36.2 Å². The molecule has 0 spiro atoms. The van der Waals surface area contributed by atoms with Crippen LogP contribution in [0.3, 0.4) is 0 Å². The molecule has 0 aliphatic carbocycles. The highest BCUT2D eigenvalue weighted by Gasteiger charge is 2.30. The fourth-order valence-corrected chi connectivity index (χ4v) is 1.69. The molecule has 1 rings (SSSR count). The van der Waals surface area contributed by atoms with Gasteiger partial charge in [-0.2, -0.15) is 0 Å². The summed E-state index contributed by atoms with van der Waals surface area (Å²) in [5.74, 6) is 0.564. The third kappa shape index (κ3) is 3.11. The molecule has 0 amide bonds. The summed E-state index contributed by atoms with van der Waals surface area (Å²) in [6.45, 7) is 7.31. The van der Waals surface area contributed by atoms with Crippen LogP contribution in [0.5, 0.6) is 0 Å². The number of anilines is 1. The minimum absolute atomic E-state index is 0.266. The van der Waals surface area contributed by atoms with Gasteiger partial charge in [0.05, 0.1) is 4.75 Å². The molecule has 7 heteroatoms. The van der Waals surface area contributed by atoms with E-state index < -0.39 is 14.6 Å². The van der Waals surface area contributed by atoms with Gasteiger partial charge < -0.3 is 5.32 Å². The Balaban J connectivity index is 2.92. The lowest BCUT2D eigenvalue weighted by molar-refractivity contribution is 0.559. The predicted molar refractivity (Wildman–Crippen MR) is 73.9 cm³/mol. The Bertz CT molecular complexity index is 556. The van der Waals surface area contributed by atoms with E-state index in [1.54, 1.807) is 13.8 Å². The molecule has 1 aromatic rings. The summed E-state index contributed by atoms with van der Waals surface area (Å²) in [5, 5.41) is 11.1. The van der Waals surface area contributed by atoms with E-state index in [-0.39, 0.29) is 6.54 Å². The first kappa shape index (κ1) is 15.2. The van der Waals surface area contributed by atoms with Gasteiger partial charge in [0, 0.05) is 12.8 Å². The summed E-state index contributed by atoms with van der Waals surface area (Å²) in [6, 6.07) is 0. The lowest BCUT2D eigenvalue weighted by Crippen LogP contribution is -2.38. The Hall–Kier alpha value is -0.880. The van der Waals surface area contributed by atoms with Gasteiger partial charge in [0.15, 0.2) is 20.8 Å². The van der Waals surface area contributed by atoms with Crippen molar-refractivity contribution in [2.75, 3.05) is 18.1 Å². The SMILES string of the molecule is Cc1c(Cl)nnc(NCC(C)(C)S(C)(=O)=O)c1C. The standard InChI is InChI=1S/C11H18ClN3O2S/c1-7-8(2)10(15-14-9(7)12)13-6-11(3,4)18(5,16)17/h6H2,1-5H3,(H,13,15). The summed E-state index contributed by atoms with van der Waals surface area (Å²) >= 11 is 5.85. The predicted octanol–water partition coefficient (Wildman–Crippen LogP) is 1.98. The van der Waals surface area contributed by atoms with Crippen LogP contribution in [0.25, 0.3) is 0 Å². The van der Waals surface area contributed by atoms with Crippen molar-refractivity contribution >= 4 is 27.3 Å². The molecule has 0 saturated carbocycles. The van der Waals surface area contributed by atoms with Crippen molar-refractivity contribution in [2.45, 2.75) is 32.4 Å². The maximum atomic E-state index is 11.6. The second kappa shape index (κ2) is 5.01. The summed E-state index contributed by atoms with van der Waals surface area (Å²) < 4.78 is 22.3. The average Bonchev–Trinajstić information content (AvgIpc) is 2.23. The molecule has 1 aromatic heterocycles. The molecule has 0 unspecified atom stereocenters. The maximum Gasteiger partial charge on any atom is 0.155 e. The molecule has 0 atom stereocenters. The molecule has 1 heterocycles. The normalized spacial score (nSPS) is 12.6. The molecule has 18 heavy (non-hydrogen) atoms. The van der Waals surface area contributed by atoms with E-state index in [9.17, 15) is 8.42 Å². The molecule has 0 aliphatic rings. The summed E-state index contributed by atoms with van der Waals surface area (Å²) in [6.07, 6.45) is 1.22. The zero-order chi connectivity index (χ0) is 14.1. The van der Waals surface area contributed by atoms with Crippen molar-refractivity contribution in [2.24, 2.45) is 0 Å². The van der Waals surface area contributed by atoms with Gasteiger partial charge in [0.1, 0.15) is 0 Å². The Morgan fingerprint density at radius 2 is 1.78 bits per heavy atom. The average molecular weight is 292 g/mol. The number of nitrogens with one attached hydrogen (secondary N) is 1. The van der Waals surface area contributed by atoms with Crippen LogP contribution >= 0.6 is 11.6 Å². The maximum absolute atomic E-state index is 11.6. The van der Waals surface area contributed by atoms with Crippen LogP contribution in [0, 0.1) is 13.8 Å². The van der Waals surface area contributed by atoms with E-state index in [4.69, 9.17) is 11.6 Å². The third-order valence-corrected chi connectivity index (χ3v) is 5.66. The van der Waals surface area contributed by atoms with Crippen LogP contribution in [-0.2, 0) is 9.84 Å². The molecule has 0 bridgehead atoms. The molecule has 0 saturated heterocycles. The zero-order valence-corrected chi connectivity index (χ0v) is 12.8. The van der Waals surface area contributed by atoms with Crippen molar-refractivity contribution in [1.29, 1.82) is 0 Å². The van der Waals surface area contributed by atoms with Crippen LogP contribution in [0.2, 0.25) is 5.15 Å². The Morgan fingerprint density at radius 3 is 2.28 bits per heavy atom. The quantitative estimate of drug-likeness (QED) is 0.918. The zero-order valence-electron chi connectivity index (χ0n) is 11.2. The molecule has 1 N–H and O–H groups in total. The number of aromatic nitrogens is 2. The molecular weight excluding hydrogens is 274 g/mol. The lowest BCUT2D eigenvalue weighted by atomic mass is 10.1. The van der Waals surface area contributed by atoms with Gasteiger partial charge in [-0.1, -0.05) is 11.6 Å². The number of halogens is 1. The molecule has 0 aromatic carbocycles. The molecule has 0 aliphatic heterocycles. The summed E-state index contributed by atoms with van der Waals surface area (Å²) in [4.78, 5) is 0. The van der Waals surface area contributed by atoms with Gasteiger partial charge in [-0.25, -0.2) is 8.42 Å². The molecule has 102 valence electrons. The van der Waals surface area contributed by atoms with Crippen LogP contribution in [0.1, 0.15) is 25.0 Å². The minimum atomic E-state index is -3.14. The number of sulfone groups is 1. The smallest absolute Gasteiger partial charge is 0.155 e. The number of rotatable bonds is 4. The van der Waals surface area contributed by atoms with E-state index >= 15 is 0 Å². The van der Waals surface area contributed by atoms with Gasteiger partial charge in [-0.15, -0.1) is 10.2 Å². The highest BCUT2D eigenvalue weighted by atomic mass is 35.5. The first-order chi connectivity index (χ1) is 8.06. The molecule has 0 fully saturated rings. The fourth-order valence-electron chi connectivity index (χ4n) is 1.17. The summed E-state index contributed by atoms with van der Waals surface area (Å²) in [5.41, 5.74) is 1.71. The monoisotopic (exact) mass is 291 g/mol. The van der Waals surface area contributed by atoms with Gasteiger partial charge in [-0.3, -0.25) is 0 Å². The van der Waals surface area contributed by atoms with Gasteiger partial charge in [0.25, 0.3) is 0 Å². The van der Waals surface area contributed by atoms with E-state index in [1.165, 1.54) is 6.26 Å². The minimum Gasteiger partial charge on any atom is -0.367 e. The van der Waals surface area contributed by atoms with Gasteiger partial charge in [0.2, 0.25) is 0 Å². The first-order valence-electron chi connectivity index (χ1n) is 5.49. The van der Waals surface area contributed by atoms with Gasteiger partial charge in [-0.05, 0) is 38.8 Å². The van der Waals surface area contributed by atoms with Crippen molar-refractivity contribution in [3.05, 3.63) is 16.3 Å². The van der Waals surface area contributed by atoms with Gasteiger partial charge >= 0.3 is 0 Å². The molecular formula is C11H18ClN3O2S. The third-order valence-electron chi connectivity index (χ3n) is 3.15. The van der Waals surface area contributed by atoms with E-state index in [1.807, 2.05) is 13.8 Å². The molecule has 0 radical (unpaired) electrons. The highest BCUT2D eigenvalue weighted by molar-refractivity contribution is 7.92. The van der Waals surface area contributed by atoms with Crippen LogP contribution < -0.4 is 5.32 Å². The van der Waals surface area contributed by atoms with Crippen molar-refractivity contribution < 1.29 is 8.42 Å². The Morgan fingerprint density at radius 1 is 1.22 bits per heavy atom. The van der Waals surface area contributed by atoms with Crippen molar-refractivity contribution in [1.82, 2.24) is 10.2 Å². The molecule has 5 nitrogen and oxygen atoms in total. The van der Waals surface area contributed by atoms with E-state index in [2.05, 4.69) is 15.5 Å². The number of hydrogen-bond donors (Lipinski definition) is 1. The second-order valence-corrected chi connectivity index (χ2v) is 7.98. The fraction of sp³-hybridized carbons (Fsp3) is 0.636. The van der Waals surface area contributed by atoms with Crippen molar-refractivity contribution in [3.63, 3.8) is 0 Å². The van der Waals surface area contributed by atoms with E-state index in [0.29, 0.717) is 11.0 Å². The van der Waals surface area contributed by atoms with Crippen molar-refractivity contribution in [3.8, 4) is 0 Å². The largest absolute Gasteiger partial charge is 0.367 e.